The summed E-state index contributed by atoms with van der Waals surface area (Å²) in [7, 11) is 3.45. The molecule has 0 radical (unpaired) electrons. The van der Waals surface area contributed by atoms with Crippen LogP contribution in [-0.4, -0.2) is 30.8 Å². The number of ether oxygens (including phenoxy) is 1. The number of rotatable bonds is 4. The predicted molar refractivity (Wildman–Crippen MR) is 77.9 cm³/mol. The van der Waals surface area contributed by atoms with Gasteiger partial charge in [-0.15, -0.1) is 0 Å². The van der Waals surface area contributed by atoms with Crippen LogP contribution in [0.4, 0.5) is 4.79 Å². The molecule has 0 saturated heterocycles. The van der Waals surface area contributed by atoms with Crippen LogP contribution >= 0.6 is 12.6 Å². The van der Waals surface area contributed by atoms with E-state index in [1.165, 1.54) is 16.7 Å². The van der Waals surface area contributed by atoms with Crippen molar-refractivity contribution < 1.29 is 9.53 Å². The second kappa shape index (κ2) is 6.14. The van der Waals surface area contributed by atoms with E-state index in [0.717, 1.165) is 17.7 Å². The molecular weight excluding hydrogens is 246 g/mol. The summed E-state index contributed by atoms with van der Waals surface area (Å²) in [5.41, 5.74) is 4.90. The van der Waals surface area contributed by atoms with Crippen LogP contribution in [-0.2, 0) is 6.42 Å². The molecule has 0 atom stereocenters. The summed E-state index contributed by atoms with van der Waals surface area (Å²) in [5, 5.41) is -0.199. The zero-order valence-electron chi connectivity index (χ0n) is 11.7. The van der Waals surface area contributed by atoms with E-state index in [4.69, 9.17) is 4.74 Å². The number of aryl methyl sites for hydroxylation is 1. The lowest BCUT2D eigenvalue weighted by Gasteiger charge is -2.19. The van der Waals surface area contributed by atoms with E-state index in [1.807, 2.05) is 0 Å². The number of hydrogen-bond donors (Lipinski definition) is 1. The van der Waals surface area contributed by atoms with Gasteiger partial charge in [-0.3, -0.25) is 4.79 Å². The topological polar surface area (TPSA) is 29.5 Å². The maximum atomic E-state index is 11.1. The number of hydrogen-bond acceptors (Lipinski definition) is 2. The van der Waals surface area contributed by atoms with Crippen LogP contribution in [0.25, 0.3) is 0 Å². The summed E-state index contributed by atoms with van der Waals surface area (Å²) in [4.78, 5) is 12.7. The maximum Gasteiger partial charge on any atom is 0.278 e. The van der Waals surface area contributed by atoms with Gasteiger partial charge in [0.2, 0.25) is 0 Å². The summed E-state index contributed by atoms with van der Waals surface area (Å²) in [6, 6.07) is 2.06. The lowest BCUT2D eigenvalue weighted by molar-refractivity contribution is 0.234. The molecule has 1 rings (SSSR count). The van der Waals surface area contributed by atoms with Crippen LogP contribution in [0.2, 0.25) is 0 Å². The zero-order valence-corrected chi connectivity index (χ0v) is 12.6. The Bertz CT molecular complexity index is 458. The molecular formula is C14H21NO2S. The number of amides is 1. The van der Waals surface area contributed by atoms with Gasteiger partial charge >= 0.3 is 0 Å². The summed E-state index contributed by atoms with van der Waals surface area (Å²) in [6.07, 6.45) is 0.839. The SMILES string of the molecule is COc1cc(C)c(CCN(C)C(=O)S)c(C)c1C. The third-order valence-electron chi connectivity index (χ3n) is 3.45. The fourth-order valence-electron chi connectivity index (χ4n) is 2.07. The van der Waals surface area contributed by atoms with E-state index in [2.05, 4.69) is 39.5 Å². The van der Waals surface area contributed by atoms with Gasteiger partial charge in [0.05, 0.1) is 7.11 Å². The Morgan fingerprint density at radius 1 is 1.33 bits per heavy atom. The maximum absolute atomic E-state index is 11.1. The van der Waals surface area contributed by atoms with E-state index < -0.39 is 0 Å². The van der Waals surface area contributed by atoms with Gasteiger partial charge in [0.25, 0.3) is 5.24 Å². The van der Waals surface area contributed by atoms with Gasteiger partial charge in [-0.2, -0.15) is 0 Å². The molecule has 1 amide bonds. The summed E-state index contributed by atoms with van der Waals surface area (Å²) >= 11 is 3.81. The highest BCUT2D eigenvalue weighted by Crippen LogP contribution is 2.27. The van der Waals surface area contributed by atoms with E-state index in [1.54, 1.807) is 19.1 Å². The first kappa shape index (κ1) is 14.9. The first-order valence-electron chi connectivity index (χ1n) is 5.96. The molecule has 18 heavy (non-hydrogen) atoms. The molecule has 0 aliphatic carbocycles. The minimum atomic E-state index is -0.199. The molecule has 3 nitrogen and oxygen atoms in total. The van der Waals surface area contributed by atoms with Gasteiger partial charge in [-0.05, 0) is 55.5 Å². The van der Waals surface area contributed by atoms with Crippen molar-refractivity contribution in [2.75, 3.05) is 20.7 Å². The number of methoxy groups -OCH3 is 1. The van der Waals surface area contributed by atoms with Gasteiger partial charge < -0.3 is 9.64 Å². The summed E-state index contributed by atoms with van der Waals surface area (Å²) in [6.45, 7) is 6.91. The van der Waals surface area contributed by atoms with Crippen molar-refractivity contribution in [1.82, 2.24) is 4.90 Å². The second-order valence-electron chi connectivity index (χ2n) is 4.58. The van der Waals surface area contributed by atoms with Gasteiger partial charge in [0.15, 0.2) is 0 Å². The van der Waals surface area contributed by atoms with Crippen LogP contribution in [0.1, 0.15) is 22.3 Å². The molecule has 0 spiro atoms. The third-order valence-corrected chi connectivity index (χ3v) is 3.79. The van der Waals surface area contributed by atoms with Gasteiger partial charge in [-0.1, -0.05) is 12.6 Å². The van der Waals surface area contributed by atoms with Crippen LogP contribution in [0.3, 0.4) is 0 Å². The van der Waals surface area contributed by atoms with Crippen molar-refractivity contribution in [3.8, 4) is 5.75 Å². The average Bonchev–Trinajstić information content (AvgIpc) is 2.33. The average molecular weight is 267 g/mol. The van der Waals surface area contributed by atoms with E-state index in [0.29, 0.717) is 6.54 Å². The van der Waals surface area contributed by atoms with Crippen molar-refractivity contribution in [2.24, 2.45) is 0 Å². The molecule has 0 aromatic heterocycles. The van der Waals surface area contributed by atoms with Gasteiger partial charge in [0.1, 0.15) is 5.75 Å². The van der Waals surface area contributed by atoms with Crippen molar-refractivity contribution in [2.45, 2.75) is 27.2 Å². The largest absolute Gasteiger partial charge is 0.496 e. The van der Waals surface area contributed by atoms with E-state index >= 15 is 0 Å². The molecule has 0 aliphatic rings. The molecule has 4 heteroatoms. The van der Waals surface area contributed by atoms with Gasteiger partial charge in [-0.25, -0.2) is 0 Å². The minimum Gasteiger partial charge on any atom is -0.496 e. The van der Waals surface area contributed by atoms with E-state index in [9.17, 15) is 4.79 Å². The summed E-state index contributed by atoms with van der Waals surface area (Å²) < 4.78 is 5.35. The highest BCUT2D eigenvalue weighted by atomic mass is 32.1. The number of carbonyl (C=O) groups is 1. The zero-order chi connectivity index (χ0) is 13.9. The highest BCUT2D eigenvalue weighted by molar-refractivity contribution is 7.96. The van der Waals surface area contributed by atoms with Crippen molar-refractivity contribution in [3.05, 3.63) is 28.3 Å². The molecule has 0 aliphatic heterocycles. The van der Waals surface area contributed by atoms with E-state index in [-0.39, 0.29) is 5.24 Å². The lowest BCUT2D eigenvalue weighted by atomic mass is 9.95. The first-order valence-corrected chi connectivity index (χ1v) is 6.41. The van der Waals surface area contributed by atoms with Crippen molar-refractivity contribution in [3.63, 3.8) is 0 Å². The van der Waals surface area contributed by atoms with Gasteiger partial charge in [0, 0.05) is 13.6 Å². The van der Waals surface area contributed by atoms with Crippen LogP contribution in [0.15, 0.2) is 6.07 Å². The predicted octanol–water partition coefficient (Wildman–Crippen LogP) is 3.14. The van der Waals surface area contributed by atoms with Crippen LogP contribution in [0.5, 0.6) is 5.75 Å². The fourth-order valence-corrected chi connectivity index (χ4v) is 2.17. The molecule has 0 fully saturated rings. The number of carbonyl (C=O) groups excluding carboxylic acids is 1. The molecule has 1 aromatic carbocycles. The smallest absolute Gasteiger partial charge is 0.278 e. The first-order chi connectivity index (χ1) is 8.38. The Hall–Kier alpha value is -1.16. The quantitative estimate of drug-likeness (QED) is 0.849. The molecule has 0 saturated carbocycles. The fraction of sp³-hybridized carbons (Fsp3) is 0.500. The second-order valence-corrected chi connectivity index (χ2v) is 4.96. The molecule has 0 heterocycles. The number of thiol groups is 1. The number of nitrogens with zero attached hydrogens (tertiary/aromatic N) is 1. The molecule has 0 N–H and O–H groups in total. The van der Waals surface area contributed by atoms with Crippen molar-refractivity contribution in [1.29, 1.82) is 0 Å². The Balaban J connectivity index is 2.96. The molecule has 100 valence electrons. The lowest BCUT2D eigenvalue weighted by Crippen LogP contribution is -2.24. The standard InChI is InChI=1S/C14H21NO2S/c1-9-8-13(17-5)11(3)10(2)12(9)6-7-15(4)14(16)18/h8H,6-7H2,1-5H3,(H,16,18). The van der Waals surface area contributed by atoms with Crippen LogP contribution in [0, 0.1) is 20.8 Å². The number of benzene rings is 1. The Kier molecular flexibility index (Phi) is 5.08. The third kappa shape index (κ3) is 3.19. The summed E-state index contributed by atoms with van der Waals surface area (Å²) in [5.74, 6) is 0.923. The Labute approximate surface area is 115 Å². The molecule has 0 unspecified atom stereocenters. The highest BCUT2D eigenvalue weighted by Gasteiger charge is 2.12. The number of likely N-dealkylation sites (N-methyl/N-ethyl adjacent to an activating group) is 1. The minimum absolute atomic E-state index is 0.199. The van der Waals surface area contributed by atoms with Crippen LogP contribution < -0.4 is 4.74 Å². The Morgan fingerprint density at radius 3 is 2.44 bits per heavy atom. The normalized spacial score (nSPS) is 10.3. The Morgan fingerprint density at radius 2 is 1.94 bits per heavy atom. The molecule has 0 bridgehead atoms. The molecule has 1 aromatic rings. The van der Waals surface area contributed by atoms with Crippen molar-refractivity contribution >= 4 is 17.9 Å². The monoisotopic (exact) mass is 267 g/mol.